The fraction of sp³-hybridized carbons (Fsp3) is 0.250. The van der Waals surface area contributed by atoms with Gasteiger partial charge in [0.05, 0.1) is 48.3 Å². The molecule has 0 spiro atoms. The number of alkyl halides is 3. The van der Waals surface area contributed by atoms with Crippen molar-refractivity contribution in [3.8, 4) is 16.9 Å². The number of carbonyl (C=O) groups excluding carboxylic acids is 2. The Morgan fingerprint density at radius 2 is 1.77 bits per heavy atom. The molecule has 0 saturated carbocycles. The molecule has 1 unspecified atom stereocenters. The normalized spacial score (nSPS) is 12.8. The van der Waals surface area contributed by atoms with E-state index in [0.29, 0.717) is 16.2 Å². The fourth-order valence-corrected chi connectivity index (χ4v) is 6.00. The van der Waals surface area contributed by atoms with Gasteiger partial charge in [0.1, 0.15) is 23.4 Å². The molecule has 0 radical (unpaired) electrons. The molecule has 5 aromatic rings. The van der Waals surface area contributed by atoms with Crippen LogP contribution < -0.4 is 16.6 Å². The van der Waals surface area contributed by atoms with Crippen LogP contribution in [0.25, 0.3) is 22.0 Å². The number of fused-ring (bicyclic) bond motifs is 1. The van der Waals surface area contributed by atoms with Crippen LogP contribution in [-0.4, -0.2) is 42.8 Å². The number of rotatable bonds is 10. The van der Waals surface area contributed by atoms with Gasteiger partial charge < -0.3 is 20.3 Å². The zero-order valence-corrected chi connectivity index (χ0v) is 27.8. The first-order valence-corrected chi connectivity index (χ1v) is 15.7. The predicted molar refractivity (Wildman–Crippen MR) is 177 cm³/mol. The maximum atomic E-state index is 16.1. The number of phenolic OH excluding ortho intramolecular Hbond substituents is 1. The Morgan fingerprint density at radius 3 is 2.42 bits per heavy atom. The van der Waals surface area contributed by atoms with Gasteiger partial charge in [-0.25, -0.2) is 18.1 Å². The van der Waals surface area contributed by atoms with Crippen LogP contribution in [0.3, 0.4) is 0 Å². The van der Waals surface area contributed by atoms with Crippen molar-refractivity contribution in [2.45, 2.75) is 45.1 Å². The Balaban J connectivity index is 1.78. The van der Waals surface area contributed by atoms with Crippen molar-refractivity contribution in [3.63, 3.8) is 0 Å². The molecule has 0 saturated heterocycles. The zero-order chi connectivity index (χ0) is 38.1. The summed E-state index contributed by atoms with van der Waals surface area (Å²) in [4.78, 5) is 58.8. The lowest BCUT2D eigenvalue weighted by atomic mass is 9.91. The second-order valence-electron chi connectivity index (χ2n) is 11.8. The number of hydrogen-bond donors (Lipinski definition) is 3. The number of halogens is 5. The first-order valence-electron chi connectivity index (χ1n) is 15.7. The van der Waals surface area contributed by atoms with Crippen LogP contribution in [0.15, 0.2) is 76.6 Å². The number of aliphatic hydroxyl groups is 1. The van der Waals surface area contributed by atoms with Crippen LogP contribution in [0.1, 0.15) is 53.2 Å². The molecule has 52 heavy (non-hydrogen) atoms. The molecule has 272 valence electrons. The molecule has 5 rings (SSSR count). The van der Waals surface area contributed by atoms with E-state index in [1.165, 1.54) is 63.6 Å². The number of benzene rings is 3. The van der Waals surface area contributed by atoms with E-state index in [4.69, 9.17) is 4.74 Å². The molecule has 1 amide bonds. The number of aryl methyl sites for hydroxylation is 2. The third-order valence-corrected chi connectivity index (χ3v) is 8.46. The highest BCUT2D eigenvalue weighted by atomic mass is 19.4. The second-order valence-corrected chi connectivity index (χ2v) is 11.8. The Morgan fingerprint density at radius 1 is 1.04 bits per heavy atom. The van der Waals surface area contributed by atoms with Gasteiger partial charge in [-0.05, 0) is 66.9 Å². The van der Waals surface area contributed by atoms with E-state index >= 15 is 8.78 Å². The van der Waals surface area contributed by atoms with Crippen LogP contribution in [0.5, 0.6) is 5.75 Å². The van der Waals surface area contributed by atoms with Crippen LogP contribution in [0.2, 0.25) is 0 Å². The topological polar surface area (TPSA) is 153 Å². The van der Waals surface area contributed by atoms with Crippen molar-refractivity contribution in [1.82, 2.24) is 19.4 Å². The Hall–Kier alpha value is -5.90. The number of nitrogens with zero attached hydrogens (tertiary/aromatic N) is 3. The summed E-state index contributed by atoms with van der Waals surface area (Å²) >= 11 is 0. The van der Waals surface area contributed by atoms with E-state index < -0.39 is 88.5 Å². The third-order valence-electron chi connectivity index (χ3n) is 8.46. The third kappa shape index (κ3) is 7.14. The molecule has 2 atom stereocenters. The molecule has 3 aromatic carbocycles. The van der Waals surface area contributed by atoms with Crippen molar-refractivity contribution in [2.75, 3.05) is 6.61 Å². The Kier molecular flexibility index (Phi) is 10.6. The minimum absolute atomic E-state index is 0.0516. The maximum Gasteiger partial charge on any atom is 0.419 e. The number of nitrogens with one attached hydrogen (secondary N) is 1. The number of hydrogen-bond acceptors (Lipinski definition) is 8. The van der Waals surface area contributed by atoms with E-state index in [-0.39, 0.29) is 34.2 Å². The molecule has 2 heterocycles. The zero-order valence-electron chi connectivity index (χ0n) is 27.8. The smallest absolute Gasteiger partial charge is 0.419 e. The number of phenols is 1. The van der Waals surface area contributed by atoms with Crippen molar-refractivity contribution in [2.24, 2.45) is 7.05 Å². The molecule has 0 aliphatic heterocycles. The maximum absolute atomic E-state index is 16.1. The van der Waals surface area contributed by atoms with E-state index in [2.05, 4.69) is 10.3 Å². The van der Waals surface area contributed by atoms with Gasteiger partial charge in [-0.15, -0.1) is 0 Å². The predicted octanol–water partition coefficient (Wildman–Crippen LogP) is 4.97. The molecule has 0 bridgehead atoms. The van der Waals surface area contributed by atoms with Gasteiger partial charge in [-0.3, -0.25) is 23.9 Å². The SMILES string of the molecule is CCOC(=O)C[C@H](NC(=O)C(c1cc(CO)ccc1F)n1c(=O)c2ccncc2n(C)c1=O)c1cc(-c2c(C)cccc2O)cc(C(F)(F)F)c1F. The van der Waals surface area contributed by atoms with Crippen molar-refractivity contribution < 1.29 is 46.5 Å². The summed E-state index contributed by atoms with van der Waals surface area (Å²) in [5, 5.41) is 22.6. The Bertz CT molecular complexity index is 2300. The minimum atomic E-state index is -5.30. The summed E-state index contributed by atoms with van der Waals surface area (Å²) in [6.07, 6.45) is -3.82. The van der Waals surface area contributed by atoms with Crippen molar-refractivity contribution >= 4 is 22.8 Å². The molecular weight excluding hydrogens is 695 g/mol. The van der Waals surface area contributed by atoms with Gasteiger partial charge in [0.2, 0.25) is 5.91 Å². The van der Waals surface area contributed by atoms with E-state index in [1.807, 2.05) is 0 Å². The summed E-state index contributed by atoms with van der Waals surface area (Å²) in [6, 6.07) is 5.60. The monoisotopic (exact) mass is 726 g/mol. The van der Waals surface area contributed by atoms with Crippen molar-refractivity contribution in [1.29, 1.82) is 0 Å². The Labute approximate surface area is 291 Å². The molecule has 2 aromatic heterocycles. The quantitative estimate of drug-likeness (QED) is 0.135. The van der Waals surface area contributed by atoms with Gasteiger partial charge in [0.25, 0.3) is 5.56 Å². The molecule has 11 nitrogen and oxygen atoms in total. The highest BCUT2D eigenvalue weighted by Gasteiger charge is 2.39. The molecule has 0 fully saturated rings. The summed E-state index contributed by atoms with van der Waals surface area (Å²) in [7, 11) is 1.25. The van der Waals surface area contributed by atoms with Crippen LogP contribution in [0, 0.1) is 18.6 Å². The highest BCUT2D eigenvalue weighted by Crippen LogP contribution is 2.41. The first-order chi connectivity index (χ1) is 24.6. The summed E-state index contributed by atoms with van der Waals surface area (Å²) < 4.78 is 81.1. The number of ether oxygens (including phenoxy) is 1. The van der Waals surface area contributed by atoms with Crippen LogP contribution in [0.4, 0.5) is 22.0 Å². The van der Waals surface area contributed by atoms with E-state index in [1.54, 1.807) is 0 Å². The van der Waals surface area contributed by atoms with Gasteiger partial charge in [-0.1, -0.05) is 18.2 Å². The summed E-state index contributed by atoms with van der Waals surface area (Å²) in [6.45, 7) is 2.06. The minimum Gasteiger partial charge on any atom is -0.507 e. The molecule has 0 aliphatic carbocycles. The summed E-state index contributed by atoms with van der Waals surface area (Å²) in [5.74, 6) is -5.94. The number of carbonyl (C=O) groups is 2. The average molecular weight is 727 g/mol. The second kappa shape index (κ2) is 14.8. The van der Waals surface area contributed by atoms with E-state index in [9.17, 15) is 42.6 Å². The number of aromatic nitrogens is 3. The molecule has 0 aliphatic rings. The lowest BCUT2D eigenvalue weighted by Gasteiger charge is -2.26. The number of aromatic hydroxyl groups is 1. The lowest BCUT2D eigenvalue weighted by Crippen LogP contribution is -2.48. The van der Waals surface area contributed by atoms with E-state index in [0.717, 1.165) is 22.8 Å². The fourth-order valence-electron chi connectivity index (χ4n) is 6.00. The number of amides is 1. The highest BCUT2D eigenvalue weighted by molar-refractivity contribution is 5.86. The standard InChI is InChI=1S/C36H31F5N4O7/c1-4-52-29(48)15-26(23-13-20(14-24(31(23)38)36(39,40)41)30-18(2)6-5-7-28(30)47)43-33(49)32(22-12-19(17-46)8-9-25(22)37)45-34(50)21-10-11-42-16-27(21)44(3)35(45)51/h5-14,16,26,32,46-47H,4,15,17H2,1-3H3,(H,43,49)/t26-,32?/m0/s1. The van der Waals surface area contributed by atoms with Gasteiger partial charge in [0, 0.05) is 29.9 Å². The van der Waals surface area contributed by atoms with Gasteiger partial charge in [0.15, 0.2) is 0 Å². The summed E-state index contributed by atoms with van der Waals surface area (Å²) in [5.41, 5.74) is -5.51. The molecule has 3 N–H and O–H groups in total. The molecular formula is C36H31F5N4O7. The lowest BCUT2D eigenvalue weighted by molar-refractivity contribution is -0.144. The number of pyridine rings is 1. The van der Waals surface area contributed by atoms with Crippen molar-refractivity contribution in [3.05, 3.63) is 127 Å². The largest absolute Gasteiger partial charge is 0.507 e. The number of esters is 1. The van der Waals surface area contributed by atoms with Crippen LogP contribution in [-0.2, 0) is 34.2 Å². The van der Waals surface area contributed by atoms with Crippen LogP contribution >= 0.6 is 0 Å². The average Bonchev–Trinajstić information content (AvgIpc) is 3.09. The van der Waals surface area contributed by atoms with Gasteiger partial charge >= 0.3 is 17.8 Å². The molecule has 16 heteroatoms. The first kappa shape index (κ1) is 37.4. The number of aliphatic hydroxyl groups excluding tert-OH is 1. The van der Waals surface area contributed by atoms with Gasteiger partial charge in [-0.2, -0.15) is 13.2 Å².